The monoisotopic (exact) mass is 610 g/mol. The summed E-state index contributed by atoms with van der Waals surface area (Å²) in [5.74, 6) is -2.17. The molecule has 2 aliphatic carbocycles. The van der Waals surface area contributed by atoms with Crippen LogP contribution >= 0.6 is 0 Å². The van der Waals surface area contributed by atoms with Gasteiger partial charge in [-0.3, -0.25) is 0 Å². The number of halogens is 2. The summed E-state index contributed by atoms with van der Waals surface area (Å²) in [5.41, 5.74) is 5.90. The third-order valence-electron chi connectivity index (χ3n) is 9.36. The maximum atomic E-state index is 16.1. The molecular weight excluding hydrogens is 574 g/mol. The second kappa shape index (κ2) is 11.1. The molecule has 3 aliphatic rings. The summed E-state index contributed by atoms with van der Waals surface area (Å²) in [6, 6.07) is 17.1. The number of hydrogen-bond donors (Lipinski definition) is 4. The second-order valence-electron chi connectivity index (χ2n) is 12.6. The van der Waals surface area contributed by atoms with Crippen molar-refractivity contribution >= 4 is 11.0 Å². The van der Waals surface area contributed by atoms with E-state index in [4.69, 9.17) is 14.5 Å². The highest BCUT2D eigenvalue weighted by molar-refractivity contribution is 5.86. The zero-order valence-electron chi connectivity index (χ0n) is 25.2. The standard InChI is InChI=1S/C35H36F2N6O2/c1-34(44-12-13-45-34)20-38-18-32-40-17-31(43-32)23-7-10-26-25-9-6-21(14-27(25)35(36,37)28(26)15-23)22-8-11-29-30(16-22)42-33(41-29)19-39-24-4-2-3-5-24/h6-11,14-17,24,38-39H,2-5,12-13,18-20H2,1H3,(H,40,43)(H,41,42). The van der Waals surface area contributed by atoms with Crippen molar-refractivity contribution in [2.24, 2.45) is 0 Å². The van der Waals surface area contributed by atoms with Crippen LogP contribution < -0.4 is 10.6 Å². The molecule has 3 heterocycles. The van der Waals surface area contributed by atoms with Crippen LogP contribution in [0.15, 0.2) is 60.8 Å². The van der Waals surface area contributed by atoms with Crippen LogP contribution in [0.3, 0.4) is 0 Å². The average molecular weight is 611 g/mol. The molecule has 1 saturated heterocycles. The maximum absolute atomic E-state index is 16.1. The van der Waals surface area contributed by atoms with Crippen molar-refractivity contribution in [2.45, 2.75) is 63.4 Å². The van der Waals surface area contributed by atoms with E-state index in [0.717, 1.165) is 28.0 Å². The van der Waals surface area contributed by atoms with Gasteiger partial charge in [0.25, 0.3) is 5.92 Å². The van der Waals surface area contributed by atoms with Gasteiger partial charge in [0.15, 0.2) is 5.79 Å². The zero-order valence-corrected chi connectivity index (χ0v) is 25.2. The topological polar surface area (TPSA) is 99.9 Å². The lowest BCUT2D eigenvalue weighted by molar-refractivity contribution is -0.138. The van der Waals surface area contributed by atoms with Crippen LogP contribution in [-0.4, -0.2) is 51.5 Å². The van der Waals surface area contributed by atoms with E-state index in [1.807, 2.05) is 43.3 Å². The van der Waals surface area contributed by atoms with E-state index in [-0.39, 0.29) is 11.1 Å². The fourth-order valence-corrected chi connectivity index (χ4v) is 6.93. The Morgan fingerprint density at radius 2 is 1.53 bits per heavy atom. The predicted octanol–water partition coefficient (Wildman–Crippen LogP) is 6.63. The Balaban J connectivity index is 1.00. The Morgan fingerprint density at radius 1 is 0.844 bits per heavy atom. The number of aromatic amines is 2. The molecule has 0 amide bonds. The Labute approximate surface area is 260 Å². The van der Waals surface area contributed by atoms with Crippen molar-refractivity contribution in [1.29, 1.82) is 0 Å². The zero-order chi connectivity index (χ0) is 30.6. The Bertz CT molecular complexity index is 1870. The first-order valence-corrected chi connectivity index (χ1v) is 15.8. The van der Waals surface area contributed by atoms with E-state index in [1.165, 1.54) is 25.7 Å². The van der Waals surface area contributed by atoms with Gasteiger partial charge < -0.3 is 30.1 Å². The van der Waals surface area contributed by atoms with Crippen molar-refractivity contribution in [3.8, 4) is 33.5 Å². The summed E-state index contributed by atoms with van der Waals surface area (Å²) in [6.07, 6.45) is 6.68. The molecule has 8 rings (SSSR count). The number of ether oxygens (including phenoxy) is 2. The lowest BCUT2D eigenvalue weighted by atomic mass is 9.98. The largest absolute Gasteiger partial charge is 0.347 e. The van der Waals surface area contributed by atoms with Gasteiger partial charge >= 0.3 is 0 Å². The molecule has 1 saturated carbocycles. The molecule has 5 aromatic rings. The SMILES string of the molecule is CC1(CNCc2ncc(-c3ccc4c(c3)C(F)(F)c3cc(-c5ccc6nc(CNC7CCCC7)[nH]c6c5)ccc3-4)[nH]2)OCCO1. The van der Waals surface area contributed by atoms with Crippen LogP contribution in [0.1, 0.15) is 55.4 Å². The Morgan fingerprint density at radius 3 is 2.31 bits per heavy atom. The van der Waals surface area contributed by atoms with E-state index < -0.39 is 11.7 Å². The first-order chi connectivity index (χ1) is 21.8. The Hall–Kier alpha value is -3.96. The molecular formula is C35H36F2N6O2. The average Bonchev–Trinajstić information content (AvgIpc) is 3.88. The minimum atomic E-state index is -3.13. The number of nitrogens with one attached hydrogen (secondary N) is 4. The first-order valence-electron chi connectivity index (χ1n) is 15.8. The van der Waals surface area contributed by atoms with Crippen LogP contribution in [0.25, 0.3) is 44.5 Å². The van der Waals surface area contributed by atoms with Crippen molar-refractivity contribution in [3.63, 3.8) is 0 Å². The molecule has 0 bridgehead atoms. The van der Waals surface area contributed by atoms with Gasteiger partial charge in [0, 0.05) is 29.3 Å². The summed E-state index contributed by atoms with van der Waals surface area (Å²) >= 11 is 0. The third-order valence-corrected chi connectivity index (χ3v) is 9.36. The van der Waals surface area contributed by atoms with Crippen molar-refractivity contribution in [3.05, 3.63) is 83.6 Å². The van der Waals surface area contributed by atoms with E-state index in [1.54, 1.807) is 24.4 Å². The van der Waals surface area contributed by atoms with Crippen LogP contribution in [-0.2, 0) is 28.5 Å². The maximum Gasteiger partial charge on any atom is 0.299 e. The molecule has 0 radical (unpaired) electrons. The van der Waals surface area contributed by atoms with Crippen molar-refractivity contribution in [2.75, 3.05) is 19.8 Å². The third kappa shape index (κ3) is 5.35. The van der Waals surface area contributed by atoms with Gasteiger partial charge in [-0.15, -0.1) is 0 Å². The smallest absolute Gasteiger partial charge is 0.299 e. The van der Waals surface area contributed by atoms with Gasteiger partial charge in [0.2, 0.25) is 0 Å². The Kier molecular flexibility index (Phi) is 7.05. The molecule has 232 valence electrons. The number of hydrogen-bond acceptors (Lipinski definition) is 6. The molecule has 2 aromatic heterocycles. The first kappa shape index (κ1) is 28.5. The summed E-state index contributed by atoms with van der Waals surface area (Å²) in [4.78, 5) is 15.9. The number of imidazole rings is 2. The van der Waals surface area contributed by atoms with Gasteiger partial charge in [-0.2, -0.15) is 8.78 Å². The number of H-pyrrole nitrogens is 2. The van der Waals surface area contributed by atoms with E-state index >= 15 is 8.78 Å². The number of nitrogens with zero attached hydrogens (tertiary/aromatic N) is 2. The number of fused-ring (bicyclic) bond motifs is 4. The lowest BCUT2D eigenvalue weighted by Gasteiger charge is -2.22. The molecule has 45 heavy (non-hydrogen) atoms. The van der Waals surface area contributed by atoms with Crippen LogP contribution in [0.4, 0.5) is 8.78 Å². The highest BCUT2D eigenvalue weighted by Gasteiger charge is 2.44. The number of benzene rings is 3. The molecule has 1 aliphatic heterocycles. The van der Waals surface area contributed by atoms with E-state index in [2.05, 4.69) is 25.6 Å². The highest BCUT2D eigenvalue weighted by Crippen LogP contribution is 2.52. The van der Waals surface area contributed by atoms with Crippen LogP contribution in [0.5, 0.6) is 0 Å². The van der Waals surface area contributed by atoms with Crippen molar-refractivity contribution < 1.29 is 18.3 Å². The molecule has 2 fully saturated rings. The molecule has 4 N–H and O–H groups in total. The molecule has 0 atom stereocenters. The predicted molar refractivity (Wildman–Crippen MR) is 169 cm³/mol. The molecule has 0 spiro atoms. The van der Waals surface area contributed by atoms with E-state index in [9.17, 15) is 0 Å². The minimum absolute atomic E-state index is 0.00769. The lowest BCUT2D eigenvalue weighted by Crippen LogP contribution is -2.38. The van der Waals surface area contributed by atoms with Gasteiger partial charge in [-0.25, -0.2) is 9.97 Å². The van der Waals surface area contributed by atoms with Crippen molar-refractivity contribution in [1.82, 2.24) is 30.6 Å². The minimum Gasteiger partial charge on any atom is -0.347 e. The number of aromatic nitrogens is 4. The normalized spacial score (nSPS) is 18.6. The summed E-state index contributed by atoms with van der Waals surface area (Å²) < 4.78 is 43.4. The molecule has 3 aromatic carbocycles. The second-order valence-corrected chi connectivity index (χ2v) is 12.6. The van der Waals surface area contributed by atoms with Gasteiger partial charge in [0.05, 0.1) is 49.2 Å². The quantitative estimate of drug-likeness (QED) is 0.150. The summed E-state index contributed by atoms with van der Waals surface area (Å²) in [6.45, 7) is 4.75. The van der Waals surface area contributed by atoms with Gasteiger partial charge in [-0.05, 0) is 66.3 Å². The number of rotatable bonds is 9. The molecule has 10 heteroatoms. The highest BCUT2D eigenvalue weighted by atomic mass is 19.3. The fraction of sp³-hybridized carbons (Fsp3) is 0.371. The number of alkyl halides is 2. The fourth-order valence-electron chi connectivity index (χ4n) is 6.93. The van der Waals surface area contributed by atoms with Gasteiger partial charge in [-0.1, -0.05) is 43.2 Å². The summed E-state index contributed by atoms with van der Waals surface area (Å²) in [7, 11) is 0. The van der Waals surface area contributed by atoms with Crippen LogP contribution in [0, 0.1) is 0 Å². The molecule has 8 nitrogen and oxygen atoms in total. The summed E-state index contributed by atoms with van der Waals surface area (Å²) in [5, 5.41) is 6.88. The van der Waals surface area contributed by atoms with Crippen LogP contribution in [0.2, 0.25) is 0 Å². The van der Waals surface area contributed by atoms with Gasteiger partial charge in [0.1, 0.15) is 11.6 Å². The molecule has 0 unspecified atom stereocenters. The van der Waals surface area contributed by atoms with E-state index in [0.29, 0.717) is 67.1 Å².